The molecule has 1 heterocycles. The Kier molecular flexibility index (Phi) is 5.09. The maximum Gasteiger partial charge on any atom is 0.203 e. The van der Waals surface area contributed by atoms with Crippen LogP contribution in [0.3, 0.4) is 0 Å². The standard InChI is InChI=1S/C15H27N3/c1-3-8-13(4-2)17-15-16-11-12-18(15)14-9-6-5-7-10-14/h11-14H,3-10H2,1-2H3,(H,16,17). The van der Waals surface area contributed by atoms with Gasteiger partial charge in [0.05, 0.1) is 0 Å². The molecular weight excluding hydrogens is 222 g/mol. The lowest BCUT2D eigenvalue weighted by molar-refractivity contribution is 0.355. The molecule has 1 aliphatic carbocycles. The highest BCUT2D eigenvalue weighted by atomic mass is 15.2. The van der Waals surface area contributed by atoms with Crippen LogP contribution < -0.4 is 5.32 Å². The van der Waals surface area contributed by atoms with E-state index in [4.69, 9.17) is 0 Å². The molecule has 1 unspecified atom stereocenters. The Morgan fingerprint density at radius 3 is 2.78 bits per heavy atom. The maximum absolute atomic E-state index is 4.51. The van der Waals surface area contributed by atoms with Crippen molar-refractivity contribution in [1.82, 2.24) is 9.55 Å². The molecule has 1 aromatic heterocycles. The van der Waals surface area contributed by atoms with Gasteiger partial charge in [0.15, 0.2) is 0 Å². The Morgan fingerprint density at radius 1 is 1.33 bits per heavy atom. The quantitative estimate of drug-likeness (QED) is 0.811. The number of nitrogens with one attached hydrogen (secondary N) is 1. The van der Waals surface area contributed by atoms with Crippen molar-refractivity contribution in [2.24, 2.45) is 0 Å². The fourth-order valence-corrected chi connectivity index (χ4v) is 2.99. The average molecular weight is 249 g/mol. The van der Waals surface area contributed by atoms with Crippen molar-refractivity contribution < 1.29 is 0 Å². The molecule has 0 spiro atoms. The first-order valence-corrected chi connectivity index (χ1v) is 7.64. The van der Waals surface area contributed by atoms with Crippen molar-refractivity contribution in [1.29, 1.82) is 0 Å². The number of aromatic nitrogens is 2. The first kappa shape index (κ1) is 13.4. The summed E-state index contributed by atoms with van der Waals surface area (Å²) >= 11 is 0. The van der Waals surface area contributed by atoms with E-state index < -0.39 is 0 Å². The molecule has 0 bridgehead atoms. The highest BCUT2D eigenvalue weighted by Crippen LogP contribution is 2.30. The molecule has 0 amide bonds. The molecule has 2 rings (SSSR count). The van der Waals surface area contributed by atoms with Crippen LogP contribution in [0.1, 0.15) is 71.3 Å². The van der Waals surface area contributed by atoms with E-state index in [1.165, 1.54) is 51.4 Å². The molecule has 1 atom stereocenters. The van der Waals surface area contributed by atoms with Gasteiger partial charge in [-0.15, -0.1) is 0 Å². The van der Waals surface area contributed by atoms with Crippen molar-refractivity contribution in [2.75, 3.05) is 5.32 Å². The highest BCUT2D eigenvalue weighted by molar-refractivity contribution is 5.28. The minimum Gasteiger partial charge on any atom is -0.353 e. The molecule has 1 aliphatic rings. The third-order valence-corrected chi connectivity index (χ3v) is 4.10. The van der Waals surface area contributed by atoms with Gasteiger partial charge in [0.2, 0.25) is 5.95 Å². The Morgan fingerprint density at radius 2 is 2.11 bits per heavy atom. The first-order valence-electron chi connectivity index (χ1n) is 7.64. The molecule has 1 aromatic rings. The van der Waals surface area contributed by atoms with Gasteiger partial charge in [0, 0.05) is 24.5 Å². The smallest absolute Gasteiger partial charge is 0.203 e. The van der Waals surface area contributed by atoms with Crippen LogP contribution in [-0.4, -0.2) is 15.6 Å². The van der Waals surface area contributed by atoms with Crippen molar-refractivity contribution >= 4 is 5.95 Å². The molecule has 18 heavy (non-hydrogen) atoms. The number of anilines is 1. The van der Waals surface area contributed by atoms with Crippen molar-refractivity contribution in [3.63, 3.8) is 0 Å². The molecule has 0 radical (unpaired) electrons. The Hall–Kier alpha value is -0.990. The second-order valence-electron chi connectivity index (χ2n) is 5.49. The summed E-state index contributed by atoms with van der Waals surface area (Å²) in [7, 11) is 0. The number of nitrogens with zero attached hydrogens (tertiary/aromatic N) is 2. The van der Waals surface area contributed by atoms with Gasteiger partial charge < -0.3 is 9.88 Å². The van der Waals surface area contributed by atoms with Gasteiger partial charge in [-0.25, -0.2) is 4.98 Å². The zero-order valence-corrected chi connectivity index (χ0v) is 11.9. The van der Waals surface area contributed by atoms with Crippen LogP contribution in [0.4, 0.5) is 5.95 Å². The molecule has 1 fully saturated rings. The van der Waals surface area contributed by atoms with E-state index >= 15 is 0 Å². The lowest BCUT2D eigenvalue weighted by Crippen LogP contribution is -2.23. The van der Waals surface area contributed by atoms with Crippen molar-refractivity contribution in [2.45, 2.75) is 77.3 Å². The summed E-state index contributed by atoms with van der Waals surface area (Å²) in [5.74, 6) is 1.09. The fourth-order valence-electron chi connectivity index (χ4n) is 2.99. The fraction of sp³-hybridized carbons (Fsp3) is 0.800. The molecule has 1 saturated carbocycles. The summed E-state index contributed by atoms with van der Waals surface area (Å²) < 4.78 is 2.37. The molecule has 1 N–H and O–H groups in total. The number of imidazole rings is 1. The van der Waals surface area contributed by atoms with Gasteiger partial charge in [-0.3, -0.25) is 0 Å². The van der Waals surface area contributed by atoms with Crippen LogP contribution in [0.25, 0.3) is 0 Å². The van der Waals surface area contributed by atoms with Gasteiger partial charge in [-0.2, -0.15) is 0 Å². The Bertz CT molecular complexity index is 339. The predicted molar refractivity (Wildman–Crippen MR) is 77.0 cm³/mol. The van der Waals surface area contributed by atoms with Crippen LogP contribution in [-0.2, 0) is 0 Å². The van der Waals surface area contributed by atoms with E-state index in [0.717, 1.165) is 5.95 Å². The van der Waals surface area contributed by atoms with Gasteiger partial charge in [0.25, 0.3) is 0 Å². The Labute approximate surface area is 111 Å². The summed E-state index contributed by atoms with van der Waals surface area (Å²) in [6, 6.07) is 1.24. The lowest BCUT2D eigenvalue weighted by atomic mass is 9.95. The summed E-state index contributed by atoms with van der Waals surface area (Å²) in [5.41, 5.74) is 0. The van der Waals surface area contributed by atoms with E-state index in [1.54, 1.807) is 0 Å². The zero-order chi connectivity index (χ0) is 12.8. The number of hydrogen-bond acceptors (Lipinski definition) is 2. The molecule has 0 aromatic carbocycles. The third-order valence-electron chi connectivity index (χ3n) is 4.10. The molecule has 0 saturated heterocycles. The first-order chi connectivity index (χ1) is 8.85. The number of hydrogen-bond donors (Lipinski definition) is 1. The van der Waals surface area contributed by atoms with E-state index in [9.17, 15) is 0 Å². The van der Waals surface area contributed by atoms with E-state index in [2.05, 4.69) is 34.9 Å². The van der Waals surface area contributed by atoms with Crippen LogP contribution >= 0.6 is 0 Å². The summed E-state index contributed by atoms with van der Waals surface area (Å²) in [4.78, 5) is 4.51. The summed E-state index contributed by atoms with van der Waals surface area (Å²) in [6.07, 6.45) is 14.5. The highest BCUT2D eigenvalue weighted by Gasteiger charge is 2.18. The van der Waals surface area contributed by atoms with E-state index in [1.807, 2.05) is 6.20 Å². The van der Waals surface area contributed by atoms with E-state index in [-0.39, 0.29) is 0 Å². The normalized spacial score (nSPS) is 18.8. The summed E-state index contributed by atoms with van der Waals surface area (Å²) in [6.45, 7) is 4.50. The van der Waals surface area contributed by atoms with Crippen LogP contribution in [0, 0.1) is 0 Å². The maximum atomic E-state index is 4.51. The van der Waals surface area contributed by atoms with E-state index in [0.29, 0.717) is 12.1 Å². The van der Waals surface area contributed by atoms with Crippen LogP contribution in [0.15, 0.2) is 12.4 Å². The molecular formula is C15H27N3. The molecule has 3 nitrogen and oxygen atoms in total. The lowest BCUT2D eigenvalue weighted by Gasteiger charge is -2.26. The Balaban J connectivity index is 2.01. The SMILES string of the molecule is CCCC(CC)Nc1nccn1C1CCCCC1. The number of rotatable bonds is 6. The minimum atomic E-state index is 0.569. The van der Waals surface area contributed by atoms with Gasteiger partial charge >= 0.3 is 0 Å². The van der Waals surface area contributed by atoms with Crippen LogP contribution in [0.5, 0.6) is 0 Å². The second-order valence-corrected chi connectivity index (χ2v) is 5.49. The van der Waals surface area contributed by atoms with Gasteiger partial charge in [-0.05, 0) is 25.7 Å². The average Bonchev–Trinajstić information content (AvgIpc) is 2.87. The second kappa shape index (κ2) is 6.81. The molecule has 102 valence electrons. The van der Waals surface area contributed by atoms with Gasteiger partial charge in [-0.1, -0.05) is 39.5 Å². The van der Waals surface area contributed by atoms with Gasteiger partial charge in [0.1, 0.15) is 0 Å². The van der Waals surface area contributed by atoms with Crippen LogP contribution in [0.2, 0.25) is 0 Å². The zero-order valence-electron chi connectivity index (χ0n) is 11.9. The topological polar surface area (TPSA) is 29.9 Å². The largest absolute Gasteiger partial charge is 0.353 e. The third kappa shape index (κ3) is 3.27. The molecule has 3 heteroatoms. The van der Waals surface area contributed by atoms with Crippen molar-refractivity contribution in [3.8, 4) is 0 Å². The molecule has 0 aliphatic heterocycles. The monoisotopic (exact) mass is 249 g/mol. The predicted octanol–water partition coefficient (Wildman–Crippen LogP) is 4.38. The van der Waals surface area contributed by atoms with Crippen molar-refractivity contribution in [3.05, 3.63) is 12.4 Å². The summed E-state index contributed by atoms with van der Waals surface area (Å²) in [5, 5.41) is 3.63. The minimum absolute atomic E-state index is 0.569.